The first-order chi connectivity index (χ1) is 8.46. The first kappa shape index (κ1) is 14.6. The fourth-order valence-electron chi connectivity index (χ4n) is 2.03. The van der Waals surface area contributed by atoms with Gasteiger partial charge in [-0.3, -0.25) is 10.1 Å². The number of carbonyl (C=O) groups excluding carboxylic acids is 1. The lowest BCUT2D eigenvalue weighted by Crippen LogP contribution is -2.55. The zero-order valence-electron chi connectivity index (χ0n) is 11.2. The van der Waals surface area contributed by atoms with E-state index < -0.39 is 11.4 Å². The molecule has 3 nitrogen and oxygen atoms in total. The van der Waals surface area contributed by atoms with Gasteiger partial charge < -0.3 is 5.73 Å². The van der Waals surface area contributed by atoms with Crippen LogP contribution in [0.15, 0.2) is 24.3 Å². The second-order valence-corrected chi connectivity index (χ2v) is 4.58. The molecule has 0 aliphatic carbocycles. The van der Waals surface area contributed by atoms with Gasteiger partial charge in [-0.1, -0.05) is 26.0 Å². The average Bonchev–Trinajstić information content (AvgIpc) is 2.36. The predicted octanol–water partition coefficient (Wildman–Crippen LogP) is 2.30. The molecule has 100 valence electrons. The molecule has 0 aromatic heterocycles. The van der Waals surface area contributed by atoms with E-state index in [9.17, 15) is 9.18 Å². The van der Waals surface area contributed by atoms with Gasteiger partial charge in [0.15, 0.2) is 0 Å². The molecule has 18 heavy (non-hydrogen) atoms. The van der Waals surface area contributed by atoms with Crippen molar-refractivity contribution in [3.05, 3.63) is 35.6 Å². The van der Waals surface area contributed by atoms with Gasteiger partial charge in [-0.25, -0.2) is 4.39 Å². The van der Waals surface area contributed by atoms with E-state index in [1.807, 2.05) is 20.8 Å². The van der Waals surface area contributed by atoms with Crippen LogP contribution >= 0.6 is 0 Å². The third-order valence-corrected chi connectivity index (χ3v) is 3.39. The van der Waals surface area contributed by atoms with E-state index in [2.05, 4.69) is 5.32 Å². The van der Waals surface area contributed by atoms with Crippen molar-refractivity contribution in [2.45, 2.75) is 45.2 Å². The highest BCUT2D eigenvalue weighted by molar-refractivity contribution is 5.86. The van der Waals surface area contributed by atoms with E-state index in [-0.39, 0.29) is 11.9 Å². The molecule has 0 radical (unpaired) electrons. The molecule has 3 N–H and O–H groups in total. The summed E-state index contributed by atoms with van der Waals surface area (Å²) in [4.78, 5) is 11.9. The topological polar surface area (TPSA) is 55.1 Å². The van der Waals surface area contributed by atoms with Gasteiger partial charge in [-0.05, 0) is 37.5 Å². The van der Waals surface area contributed by atoms with E-state index in [1.54, 1.807) is 12.1 Å². The Balaban J connectivity index is 3.18. The van der Waals surface area contributed by atoms with Crippen LogP contribution in [0.1, 0.15) is 39.2 Å². The lowest BCUT2D eigenvalue weighted by molar-refractivity contribution is -0.125. The molecule has 1 rings (SSSR count). The highest BCUT2D eigenvalue weighted by Crippen LogP contribution is 2.26. The summed E-state index contributed by atoms with van der Waals surface area (Å²) < 4.78 is 13.0. The first-order valence-electron chi connectivity index (χ1n) is 6.30. The Morgan fingerprint density at radius 3 is 2.33 bits per heavy atom. The average molecular weight is 252 g/mol. The van der Waals surface area contributed by atoms with Gasteiger partial charge in [-0.2, -0.15) is 0 Å². The van der Waals surface area contributed by atoms with Crippen LogP contribution in [-0.4, -0.2) is 11.9 Å². The standard InChI is InChI=1S/C14H21FN2O/c1-4-10(3)17-14(5-2,13(16)18)11-6-8-12(15)9-7-11/h6-10,17H,4-5H2,1-3H3,(H2,16,18). The molecule has 0 aliphatic rings. The number of benzene rings is 1. The van der Waals surface area contributed by atoms with Gasteiger partial charge in [0, 0.05) is 6.04 Å². The lowest BCUT2D eigenvalue weighted by Gasteiger charge is -2.34. The van der Waals surface area contributed by atoms with Crippen molar-refractivity contribution < 1.29 is 9.18 Å². The fraction of sp³-hybridized carbons (Fsp3) is 0.500. The minimum absolute atomic E-state index is 0.155. The number of carbonyl (C=O) groups is 1. The molecule has 0 bridgehead atoms. The Morgan fingerprint density at radius 1 is 1.39 bits per heavy atom. The summed E-state index contributed by atoms with van der Waals surface area (Å²) in [5.74, 6) is -0.756. The minimum atomic E-state index is -0.927. The molecule has 0 saturated heterocycles. The molecular formula is C14H21FN2O. The maximum Gasteiger partial charge on any atom is 0.242 e. The monoisotopic (exact) mass is 252 g/mol. The Morgan fingerprint density at radius 2 is 1.94 bits per heavy atom. The van der Waals surface area contributed by atoms with Crippen LogP contribution in [0.4, 0.5) is 4.39 Å². The van der Waals surface area contributed by atoms with E-state index in [4.69, 9.17) is 5.73 Å². The summed E-state index contributed by atoms with van der Waals surface area (Å²) >= 11 is 0. The smallest absolute Gasteiger partial charge is 0.242 e. The predicted molar refractivity (Wildman–Crippen MR) is 70.5 cm³/mol. The van der Waals surface area contributed by atoms with Crippen LogP contribution in [0.25, 0.3) is 0 Å². The SMILES string of the molecule is CCC(C)NC(CC)(C(N)=O)c1ccc(F)cc1. The van der Waals surface area contributed by atoms with Crippen molar-refractivity contribution in [2.75, 3.05) is 0 Å². The Bertz CT molecular complexity index is 405. The molecular weight excluding hydrogens is 231 g/mol. The van der Waals surface area contributed by atoms with Gasteiger partial charge in [0.25, 0.3) is 0 Å². The summed E-state index contributed by atoms with van der Waals surface area (Å²) in [5.41, 5.74) is 5.34. The summed E-state index contributed by atoms with van der Waals surface area (Å²) in [6, 6.07) is 6.07. The van der Waals surface area contributed by atoms with Crippen LogP contribution in [0.2, 0.25) is 0 Å². The third-order valence-electron chi connectivity index (χ3n) is 3.39. The van der Waals surface area contributed by atoms with Crippen molar-refractivity contribution in [3.8, 4) is 0 Å². The molecule has 0 spiro atoms. The van der Waals surface area contributed by atoms with Gasteiger partial charge in [0.1, 0.15) is 11.4 Å². The molecule has 0 heterocycles. The van der Waals surface area contributed by atoms with Crippen molar-refractivity contribution in [1.29, 1.82) is 0 Å². The molecule has 0 fully saturated rings. The van der Waals surface area contributed by atoms with Crippen LogP contribution in [0.3, 0.4) is 0 Å². The lowest BCUT2D eigenvalue weighted by atomic mass is 9.85. The van der Waals surface area contributed by atoms with Gasteiger partial charge >= 0.3 is 0 Å². The third kappa shape index (κ3) is 2.88. The zero-order chi connectivity index (χ0) is 13.8. The summed E-state index contributed by atoms with van der Waals surface area (Å²) in [7, 11) is 0. The van der Waals surface area contributed by atoms with Crippen LogP contribution in [-0.2, 0) is 10.3 Å². The van der Waals surface area contributed by atoms with Crippen molar-refractivity contribution >= 4 is 5.91 Å². The number of halogens is 1. The van der Waals surface area contributed by atoms with Crippen LogP contribution in [0.5, 0.6) is 0 Å². The van der Waals surface area contributed by atoms with Crippen molar-refractivity contribution in [2.24, 2.45) is 5.73 Å². The maximum absolute atomic E-state index is 13.0. The van der Waals surface area contributed by atoms with Gasteiger partial charge in [0.05, 0.1) is 0 Å². The number of hydrogen-bond acceptors (Lipinski definition) is 2. The highest BCUT2D eigenvalue weighted by atomic mass is 19.1. The molecule has 0 aliphatic heterocycles. The molecule has 2 atom stereocenters. The number of hydrogen-bond donors (Lipinski definition) is 2. The highest BCUT2D eigenvalue weighted by Gasteiger charge is 2.37. The Hall–Kier alpha value is -1.42. The van der Waals surface area contributed by atoms with Crippen molar-refractivity contribution in [3.63, 3.8) is 0 Å². The normalized spacial score (nSPS) is 16.0. The second-order valence-electron chi connectivity index (χ2n) is 4.58. The van der Waals surface area contributed by atoms with E-state index in [0.29, 0.717) is 12.0 Å². The summed E-state index contributed by atoms with van der Waals surface area (Å²) in [6.45, 7) is 5.92. The fourth-order valence-corrected chi connectivity index (χ4v) is 2.03. The second kappa shape index (κ2) is 5.96. The molecule has 1 aromatic carbocycles. The molecule has 1 amide bonds. The summed E-state index contributed by atoms with van der Waals surface area (Å²) in [5, 5.41) is 3.27. The summed E-state index contributed by atoms with van der Waals surface area (Å²) in [6.07, 6.45) is 1.41. The van der Waals surface area contributed by atoms with Gasteiger partial charge in [0.2, 0.25) is 5.91 Å². The minimum Gasteiger partial charge on any atom is -0.368 e. The molecule has 1 aromatic rings. The van der Waals surface area contributed by atoms with Crippen molar-refractivity contribution in [1.82, 2.24) is 5.32 Å². The number of nitrogens with two attached hydrogens (primary N) is 1. The van der Waals surface area contributed by atoms with E-state index in [0.717, 1.165) is 6.42 Å². The molecule has 2 unspecified atom stereocenters. The molecule has 0 saturated carbocycles. The Labute approximate surface area is 108 Å². The Kier molecular flexibility index (Phi) is 4.84. The largest absolute Gasteiger partial charge is 0.368 e. The number of primary amides is 1. The number of rotatable bonds is 6. The van der Waals surface area contributed by atoms with Crippen LogP contribution < -0.4 is 11.1 Å². The van der Waals surface area contributed by atoms with E-state index >= 15 is 0 Å². The number of nitrogens with one attached hydrogen (secondary N) is 1. The zero-order valence-corrected chi connectivity index (χ0v) is 11.2. The maximum atomic E-state index is 13.0. The van der Waals surface area contributed by atoms with Crippen LogP contribution in [0, 0.1) is 5.82 Å². The first-order valence-corrected chi connectivity index (χ1v) is 6.30. The number of amides is 1. The quantitative estimate of drug-likeness (QED) is 0.816. The van der Waals surface area contributed by atoms with Gasteiger partial charge in [-0.15, -0.1) is 0 Å². The van der Waals surface area contributed by atoms with E-state index in [1.165, 1.54) is 12.1 Å². The molecule has 4 heteroatoms.